The zero-order valence-corrected chi connectivity index (χ0v) is 20.5. The number of nitrogens with zero attached hydrogens (tertiary/aromatic N) is 4. The Morgan fingerprint density at radius 3 is 2.43 bits per heavy atom. The highest BCUT2D eigenvalue weighted by atomic mass is 35.5. The van der Waals surface area contributed by atoms with Crippen molar-refractivity contribution in [2.45, 2.75) is 6.54 Å². The Morgan fingerprint density at radius 1 is 1.03 bits per heavy atom. The van der Waals surface area contributed by atoms with Crippen LogP contribution in [-0.4, -0.2) is 67.5 Å². The number of nitrogens with one attached hydrogen (secondary N) is 1. The van der Waals surface area contributed by atoms with Crippen LogP contribution in [0.25, 0.3) is 5.69 Å². The quantitative estimate of drug-likeness (QED) is 0.511. The van der Waals surface area contributed by atoms with Gasteiger partial charge in [-0.25, -0.2) is 0 Å². The molecule has 0 unspecified atom stereocenters. The predicted molar refractivity (Wildman–Crippen MR) is 135 cm³/mol. The molecule has 1 saturated heterocycles. The van der Waals surface area contributed by atoms with Crippen molar-refractivity contribution in [2.24, 2.45) is 0 Å². The summed E-state index contributed by atoms with van der Waals surface area (Å²) in [5, 5.41) is 7.41. The fraction of sp³-hybridized carbons (Fsp3) is 0.320. The molecule has 0 bridgehead atoms. The van der Waals surface area contributed by atoms with Gasteiger partial charge >= 0.3 is 0 Å². The van der Waals surface area contributed by atoms with Gasteiger partial charge in [0.1, 0.15) is 5.02 Å². The maximum Gasteiger partial charge on any atom is 0.292 e. The molecule has 1 N–H and O–H groups in total. The SMILES string of the molecule is COc1ccc(CNC(=O)CN2CCN(c3cnn(-c4ccccc4)c(=O)c3Cl)CC2)cc1OC. The van der Waals surface area contributed by atoms with Crippen molar-refractivity contribution in [2.75, 3.05) is 51.8 Å². The number of aromatic nitrogens is 2. The number of piperazine rings is 1. The molecule has 1 aliphatic rings. The van der Waals surface area contributed by atoms with Crippen LogP contribution in [0.5, 0.6) is 11.5 Å². The molecule has 1 amide bonds. The summed E-state index contributed by atoms with van der Waals surface area (Å²) >= 11 is 6.43. The molecule has 2 heterocycles. The van der Waals surface area contributed by atoms with Gasteiger partial charge in [-0.2, -0.15) is 9.78 Å². The lowest BCUT2D eigenvalue weighted by Crippen LogP contribution is -2.49. The zero-order valence-electron chi connectivity index (χ0n) is 19.7. The van der Waals surface area contributed by atoms with E-state index in [0.717, 1.165) is 5.56 Å². The van der Waals surface area contributed by atoms with Crippen LogP contribution in [0.1, 0.15) is 5.56 Å². The molecule has 9 nitrogen and oxygen atoms in total. The fourth-order valence-electron chi connectivity index (χ4n) is 3.99. The number of amides is 1. The monoisotopic (exact) mass is 497 g/mol. The largest absolute Gasteiger partial charge is 0.493 e. The third-order valence-corrected chi connectivity index (χ3v) is 6.27. The molecular weight excluding hydrogens is 470 g/mol. The molecule has 35 heavy (non-hydrogen) atoms. The highest BCUT2D eigenvalue weighted by molar-refractivity contribution is 6.33. The van der Waals surface area contributed by atoms with E-state index in [1.165, 1.54) is 4.68 Å². The summed E-state index contributed by atoms with van der Waals surface area (Å²) < 4.78 is 11.9. The van der Waals surface area contributed by atoms with E-state index in [-0.39, 0.29) is 16.5 Å². The molecule has 184 valence electrons. The van der Waals surface area contributed by atoms with Gasteiger partial charge in [0.25, 0.3) is 5.56 Å². The molecule has 0 atom stereocenters. The van der Waals surface area contributed by atoms with Gasteiger partial charge in [-0.3, -0.25) is 14.5 Å². The van der Waals surface area contributed by atoms with Crippen LogP contribution in [-0.2, 0) is 11.3 Å². The molecule has 1 fully saturated rings. The molecule has 4 rings (SSSR count). The number of carbonyl (C=O) groups excluding carboxylic acids is 1. The number of carbonyl (C=O) groups is 1. The van der Waals surface area contributed by atoms with Crippen molar-refractivity contribution in [3.8, 4) is 17.2 Å². The minimum Gasteiger partial charge on any atom is -0.493 e. The van der Waals surface area contributed by atoms with Crippen molar-refractivity contribution in [1.82, 2.24) is 20.0 Å². The third-order valence-electron chi connectivity index (χ3n) is 5.92. The first-order chi connectivity index (χ1) is 17.0. The third kappa shape index (κ3) is 5.75. The topological polar surface area (TPSA) is 88.9 Å². The summed E-state index contributed by atoms with van der Waals surface area (Å²) in [6, 6.07) is 14.7. The summed E-state index contributed by atoms with van der Waals surface area (Å²) in [6.07, 6.45) is 1.63. The van der Waals surface area contributed by atoms with Gasteiger partial charge in [-0.15, -0.1) is 0 Å². The molecule has 0 saturated carbocycles. The summed E-state index contributed by atoms with van der Waals surface area (Å²) in [4.78, 5) is 29.4. The lowest BCUT2D eigenvalue weighted by Gasteiger charge is -2.35. The molecule has 3 aromatic rings. The van der Waals surface area contributed by atoms with E-state index in [2.05, 4.69) is 15.3 Å². The lowest BCUT2D eigenvalue weighted by molar-refractivity contribution is -0.122. The van der Waals surface area contributed by atoms with E-state index in [9.17, 15) is 9.59 Å². The first kappa shape index (κ1) is 24.6. The highest BCUT2D eigenvalue weighted by Crippen LogP contribution is 2.27. The van der Waals surface area contributed by atoms with Crippen molar-refractivity contribution in [3.63, 3.8) is 0 Å². The number of benzene rings is 2. The molecule has 10 heteroatoms. The smallest absolute Gasteiger partial charge is 0.292 e. The Labute approximate surface area is 208 Å². The molecule has 1 aromatic heterocycles. The van der Waals surface area contributed by atoms with Crippen molar-refractivity contribution in [3.05, 3.63) is 75.7 Å². The highest BCUT2D eigenvalue weighted by Gasteiger charge is 2.22. The molecule has 1 aliphatic heterocycles. The van der Waals surface area contributed by atoms with Gasteiger partial charge in [0.05, 0.1) is 38.3 Å². The Balaban J connectivity index is 1.30. The Morgan fingerprint density at radius 2 is 1.74 bits per heavy atom. The van der Waals surface area contributed by atoms with E-state index in [4.69, 9.17) is 21.1 Å². The van der Waals surface area contributed by atoms with Crippen LogP contribution in [0.2, 0.25) is 5.02 Å². The van der Waals surface area contributed by atoms with Gasteiger partial charge in [0.2, 0.25) is 5.91 Å². The average Bonchev–Trinajstić information content (AvgIpc) is 2.90. The maximum atomic E-state index is 12.8. The van der Waals surface area contributed by atoms with E-state index < -0.39 is 0 Å². The van der Waals surface area contributed by atoms with Gasteiger partial charge in [-0.05, 0) is 29.8 Å². The molecule has 2 aromatic carbocycles. The molecule has 0 aliphatic carbocycles. The minimum atomic E-state index is -0.354. The number of methoxy groups -OCH3 is 2. The van der Waals surface area contributed by atoms with Gasteiger partial charge in [-0.1, -0.05) is 35.9 Å². The number of hydrogen-bond acceptors (Lipinski definition) is 7. The molecule has 0 radical (unpaired) electrons. The first-order valence-corrected chi connectivity index (χ1v) is 11.7. The summed E-state index contributed by atoms with van der Waals surface area (Å²) in [6.45, 7) is 3.31. The van der Waals surface area contributed by atoms with E-state index in [0.29, 0.717) is 62.1 Å². The number of hydrogen-bond donors (Lipinski definition) is 1. The van der Waals surface area contributed by atoms with Crippen molar-refractivity contribution < 1.29 is 14.3 Å². The standard InChI is InChI=1S/C25H28ClN5O4/c1-34-21-9-8-18(14-22(21)35-2)15-27-23(32)17-29-10-12-30(13-11-29)20-16-28-31(25(33)24(20)26)19-6-4-3-5-7-19/h3-9,14,16H,10-13,15,17H2,1-2H3,(H,27,32). The van der Waals surface area contributed by atoms with Crippen LogP contribution >= 0.6 is 11.6 Å². The number of anilines is 1. The van der Waals surface area contributed by atoms with Crippen LogP contribution < -0.4 is 25.2 Å². The number of rotatable bonds is 8. The zero-order chi connectivity index (χ0) is 24.8. The van der Waals surface area contributed by atoms with Crippen molar-refractivity contribution in [1.29, 1.82) is 0 Å². The first-order valence-electron chi connectivity index (χ1n) is 11.3. The predicted octanol–water partition coefficient (Wildman–Crippen LogP) is 2.34. The minimum absolute atomic E-state index is 0.0570. The average molecular weight is 498 g/mol. The second kappa shape index (κ2) is 11.2. The van der Waals surface area contributed by atoms with E-state index in [1.807, 2.05) is 41.3 Å². The van der Waals surface area contributed by atoms with Crippen molar-refractivity contribution >= 4 is 23.2 Å². The van der Waals surface area contributed by atoms with Gasteiger partial charge in [0.15, 0.2) is 11.5 Å². The van der Waals surface area contributed by atoms with Crippen LogP contribution in [0.3, 0.4) is 0 Å². The maximum absolute atomic E-state index is 12.8. The fourth-order valence-corrected chi connectivity index (χ4v) is 4.24. The van der Waals surface area contributed by atoms with E-state index in [1.54, 1.807) is 32.5 Å². The molecular formula is C25H28ClN5O4. The molecule has 0 spiro atoms. The van der Waals surface area contributed by atoms with Crippen LogP contribution in [0.4, 0.5) is 5.69 Å². The van der Waals surface area contributed by atoms with Crippen LogP contribution in [0.15, 0.2) is 59.5 Å². The Bertz CT molecular complexity index is 1230. The van der Waals surface area contributed by atoms with Gasteiger partial charge < -0.3 is 19.7 Å². The number of halogens is 1. The second-order valence-corrected chi connectivity index (χ2v) is 8.50. The van der Waals surface area contributed by atoms with E-state index >= 15 is 0 Å². The summed E-state index contributed by atoms with van der Waals surface area (Å²) in [7, 11) is 3.17. The second-order valence-electron chi connectivity index (χ2n) is 8.13. The van der Waals surface area contributed by atoms with Crippen LogP contribution in [0, 0.1) is 0 Å². The Hall–Kier alpha value is -3.56. The summed E-state index contributed by atoms with van der Waals surface area (Å²) in [5.74, 6) is 1.21. The normalized spacial score (nSPS) is 14.0. The Kier molecular flexibility index (Phi) is 7.89. The summed E-state index contributed by atoms with van der Waals surface area (Å²) in [5.41, 5.74) is 1.84. The van der Waals surface area contributed by atoms with Gasteiger partial charge in [0, 0.05) is 32.7 Å². The number of para-hydroxylation sites is 1. The lowest BCUT2D eigenvalue weighted by atomic mass is 10.2. The number of ether oxygens (including phenoxy) is 2.